The molecule has 0 atom stereocenters. The first-order valence-corrected chi connectivity index (χ1v) is 9.45. The van der Waals surface area contributed by atoms with Crippen molar-refractivity contribution in [1.29, 1.82) is 0 Å². The van der Waals surface area contributed by atoms with Crippen LogP contribution in [0.2, 0.25) is 0 Å². The van der Waals surface area contributed by atoms with Gasteiger partial charge < -0.3 is 20.5 Å². The van der Waals surface area contributed by atoms with Crippen molar-refractivity contribution in [2.45, 2.75) is 32.1 Å². The van der Waals surface area contributed by atoms with Gasteiger partial charge in [-0.1, -0.05) is 6.42 Å². The fourth-order valence-electron chi connectivity index (χ4n) is 2.63. The van der Waals surface area contributed by atoms with E-state index in [1.807, 2.05) is 17.5 Å². The predicted molar refractivity (Wildman–Crippen MR) is 98.5 cm³/mol. The van der Waals surface area contributed by atoms with E-state index in [4.69, 9.17) is 15.2 Å². The van der Waals surface area contributed by atoms with Crippen LogP contribution in [0.3, 0.4) is 0 Å². The third-order valence-corrected chi connectivity index (χ3v) is 4.82. The normalized spacial score (nSPS) is 12.8. The van der Waals surface area contributed by atoms with Gasteiger partial charge in [-0.2, -0.15) is 0 Å². The van der Waals surface area contributed by atoms with Crippen LogP contribution in [0, 0.1) is 0 Å². The Balaban J connectivity index is 1.50. The molecule has 1 aromatic carbocycles. The van der Waals surface area contributed by atoms with Gasteiger partial charge in [0.2, 0.25) is 5.91 Å². The van der Waals surface area contributed by atoms with Gasteiger partial charge in [-0.15, -0.1) is 11.3 Å². The predicted octanol–water partition coefficient (Wildman–Crippen LogP) is 2.77. The number of rotatable bonds is 8. The van der Waals surface area contributed by atoms with Crippen molar-refractivity contribution in [2.24, 2.45) is 5.73 Å². The second-order valence-electron chi connectivity index (χ2n) is 5.92. The number of nitrogens with zero attached hydrogens (tertiary/aromatic N) is 1. The van der Waals surface area contributed by atoms with Crippen LogP contribution in [-0.2, 0) is 17.6 Å². The summed E-state index contributed by atoms with van der Waals surface area (Å²) in [7, 11) is 0. The molecule has 2 aromatic rings. The summed E-state index contributed by atoms with van der Waals surface area (Å²) in [5.74, 6) is 1.29. The molecule has 0 spiro atoms. The molecule has 7 heteroatoms. The molecule has 3 rings (SSSR count). The lowest BCUT2D eigenvalue weighted by Crippen LogP contribution is -2.17. The number of hydrogen-bond donors (Lipinski definition) is 2. The fraction of sp³-hybridized carbons (Fsp3) is 0.444. The average molecular weight is 361 g/mol. The number of nitrogens with two attached hydrogens (primary N) is 1. The summed E-state index contributed by atoms with van der Waals surface area (Å²) in [5.41, 5.74) is 7.01. The number of aryl methyl sites for hydroxylation is 1. The highest BCUT2D eigenvalue weighted by Crippen LogP contribution is 2.32. The summed E-state index contributed by atoms with van der Waals surface area (Å²) in [6, 6.07) is 5.41. The first-order chi connectivity index (χ1) is 12.2. The molecule has 3 N–H and O–H groups in total. The number of ether oxygens (including phenoxy) is 2. The van der Waals surface area contributed by atoms with Crippen molar-refractivity contribution < 1.29 is 14.3 Å². The molecule has 0 saturated heterocycles. The molecule has 2 heterocycles. The number of carbonyl (C=O) groups is 1. The smallest absolute Gasteiger partial charge is 0.230 e. The summed E-state index contributed by atoms with van der Waals surface area (Å²) in [4.78, 5) is 16.8. The average Bonchev–Trinajstić information content (AvgIpc) is 3.06. The monoisotopic (exact) mass is 361 g/mol. The number of nitrogens with one attached hydrogen (secondary N) is 1. The molecule has 0 bridgehead atoms. The molecule has 1 amide bonds. The van der Waals surface area contributed by atoms with E-state index >= 15 is 0 Å². The third-order valence-electron chi connectivity index (χ3n) is 3.86. The van der Waals surface area contributed by atoms with Crippen molar-refractivity contribution in [3.05, 3.63) is 34.3 Å². The molecular formula is C18H23N3O3S. The molecule has 0 saturated carbocycles. The van der Waals surface area contributed by atoms with Gasteiger partial charge in [0.25, 0.3) is 0 Å². The van der Waals surface area contributed by atoms with E-state index in [0.29, 0.717) is 30.4 Å². The highest BCUT2D eigenvalue weighted by atomic mass is 32.1. The van der Waals surface area contributed by atoms with Gasteiger partial charge in [0, 0.05) is 17.1 Å². The summed E-state index contributed by atoms with van der Waals surface area (Å²) in [6.07, 6.45) is 4.49. The first-order valence-electron chi connectivity index (χ1n) is 8.57. The van der Waals surface area contributed by atoms with E-state index in [0.717, 1.165) is 42.9 Å². The molecule has 1 aromatic heterocycles. The number of fused-ring (bicyclic) bond motifs is 1. The summed E-state index contributed by atoms with van der Waals surface area (Å²) >= 11 is 1.62. The Labute approximate surface area is 151 Å². The van der Waals surface area contributed by atoms with Gasteiger partial charge in [0.05, 0.1) is 17.1 Å². The molecule has 1 aliphatic rings. The minimum atomic E-state index is -0.0864. The quantitative estimate of drug-likeness (QED) is 0.706. The molecule has 0 radical (unpaired) electrons. The summed E-state index contributed by atoms with van der Waals surface area (Å²) < 4.78 is 11.0. The number of aromatic nitrogens is 1. The van der Waals surface area contributed by atoms with Gasteiger partial charge >= 0.3 is 0 Å². The van der Waals surface area contributed by atoms with Gasteiger partial charge in [0.1, 0.15) is 13.2 Å². The topological polar surface area (TPSA) is 86.5 Å². The van der Waals surface area contributed by atoms with Crippen molar-refractivity contribution in [1.82, 2.24) is 4.98 Å². The van der Waals surface area contributed by atoms with Crippen molar-refractivity contribution >= 4 is 22.9 Å². The minimum Gasteiger partial charge on any atom is -0.486 e. The SMILES string of the molecule is NCCCCCc1nc(CC(=O)Nc2ccc3c(c2)OCCO3)cs1. The third kappa shape index (κ3) is 5.17. The molecule has 0 aliphatic carbocycles. The van der Waals surface area contributed by atoms with E-state index < -0.39 is 0 Å². The largest absolute Gasteiger partial charge is 0.486 e. The Morgan fingerprint density at radius 1 is 1.20 bits per heavy atom. The molecule has 6 nitrogen and oxygen atoms in total. The zero-order chi connectivity index (χ0) is 17.5. The molecule has 134 valence electrons. The minimum absolute atomic E-state index is 0.0864. The van der Waals surface area contributed by atoms with E-state index in [1.54, 1.807) is 17.4 Å². The Morgan fingerprint density at radius 3 is 2.88 bits per heavy atom. The van der Waals surface area contributed by atoms with Crippen LogP contribution in [-0.4, -0.2) is 30.6 Å². The maximum absolute atomic E-state index is 12.2. The fourth-order valence-corrected chi connectivity index (χ4v) is 3.47. The number of anilines is 1. The van der Waals surface area contributed by atoms with Crippen LogP contribution in [0.1, 0.15) is 30.0 Å². The molecule has 25 heavy (non-hydrogen) atoms. The van der Waals surface area contributed by atoms with Crippen molar-refractivity contribution in [3.63, 3.8) is 0 Å². The maximum Gasteiger partial charge on any atom is 0.230 e. The molecule has 0 fully saturated rings. The molecule has 0 unspecified atom stereocenters. The second-order valence-corrected chi connectivity index (χ2v) is 6.86. The molecular weight excluding hydrogens is 338 g/mol. The van der Waals surface area contributed by atoms with Gasteiger partial charge in [-0.25, -0.2) is 4.98 Å². The standard InChI is InChI=1S/C18H23N3O3S/c19-7-3-1-2-4-18-21-14(12-25-18)11-17(22)20-13-5-6-15-16(10-13)24-9-8-23-15/h5-6,10,12H,1-4,7-9,11,19H2,(H,20,22). The summed E-state index contributed by atoms with van der Waals surface area (Å²) in [5, 5.41) is 5.93. The highest BCUT2D eigenvalue weighted by molar-refractivity contribution is 7.09. The van der Waals surface area contributed by atoms with Gasteiger partial charge in [-0.3, -0.25) is 4.79 Å². The van der Waals surface area contributed by atoms with Crippen LogP contribution >= 0.6 is 11.3 Å². The first kappa shape index (κ1) is 17.7. The van der Waals surface area contributed by atoms with Crippen LogP contribution < -0.4 is 20.5 Å². The second kappa shape index (κ2) is 8.82. The Bertz CT molecular complexity index is 717. The van der Waals surface area contributed by atoms with E-state index in [2.05, 4.69) is 10.3 Å². The molecule has 1 aliphatic heterocycles. The van der Waals surface area contributed by atoms with Crippen LogP contribution in [0.15, 0.2) is 23.6 Å². The van der Waals surface area contributed by atoms with Crippen LogP contribution in [0.5, 0.6) is 11.5 Å². The lowest BCUT2D eigenvalue weighted by Gasteiger charge is -2.18. The summed E-state index contributed by atoms with van der Waals surface area (Å²) in [6.45, 7) is 1.82. The van der Waals surface area contributed by atoms with E-state index in [-0.39, 0.29) is 12.3 Å². The van der Waals surface area contributed by atoms with Gasteiger partial charge in [-0.05, 0) is 37.9 Å². The van der Waals surface area contributed by atoms with E-state index in [1.165, 1.54) is 0 Å². The Hall–Kier alpha value is -2.12. The maximum atomic E-state index is 12.2. The van der Waals surface area contributed by atoms with E-state index in [9.17, 15) is 4.79 Å². The number of amides is 1. The highest BCUT2D eigenvalue weighted by Gasteiger charge is 2.13. The lowest BCUT2D eigenvalue weighted by molar-refractivity contribution is -0.115. The number of benzene rings is 1. The zero-order valence-corrected chi connectivity index (χ0v) is 14.9. The van der Waals surface area contributed by atoms with Gasteiger partial charge in [0.15, 0.2) is 11.5 Å². The lowest BCUT2D eigenvalue weighted by atomic mass is 10.2. The Morgan fingerprint density at radius 2 is 2.04 bits per heavy atom. The zero-order valence-electron chi connectivity index (χ0n) is 14.1. The van der Waals surface area contributed by atoms with Crippen LogP contribution in [0.4, 0.5) is 5.69 Å². The number of hydrogen-bond acceptors (Lipinski definition) is 6. The van der Waals surface area contributed by atoms with Crippen LogP contribution in [0.25, 0.3) is 0 Å². The number of carbonyl (C=O) groups excluding carboxylic acids is 1. The van der Waals surface area contributed by atoms with Crippen molar-refractivity contribution in [2.75, 3.05) is 25.1 Å². The van der Waals surface area contributed by atoms with Crippen molar-refractivity contribution in [3.8, 4) is 11.5 Å². The number of thiazole rings is 1. The Kier molecular flexibility index (Phi) is 6.25. The number of unbranched alkanes of at least 4 members (excludes halogenated alkanes) is 2.